The van der Waals surface area contributed by atoms with Gasteiger partial charge in [0.1, 0.15) is 0 Å². The van der Waals surface area contributed by atoms with Crippen molar-refractivity contribution in [1.82, 2.24) is 5.32 Å². The van der Waals surface area contributed by atoms with Crippen LogP contribution in [0.25, 0.3) is 0 Å². The minimum atomic E-state index is 0.0593. The van der Waals surface area contributed by atoms with Crippen molar-refractivity contribution in [2.45, 2.75) is 52.8 Å². The molecular weight excluding hydrogens is 269 g/mol. The van der Waals surface area contributed by atoms with E-state index >= 15 is 0 Å². The van der Waals surface area contributed by atoms with Gasteiger partial charge in [0.15, 0.2) is 5.75 Å². The summed E-state index contributed by atoms with van der Waals surface area (Å²) >= 11 is 12.4. The summed E-state index contributed by atoms with van der Waals surface area (Å²) in [5, 5.41) is 4.54. The maximum absolute atomic E-state index is 6.19. The van der Waals surface area contributed by atoms with E-state index in [1.54, 1.807) is 0 Å². The van der Waals surface area contributed by atoms with E-state index in [0.29, 0.717) is 21.8 Å². The maximum Gasteiger partial charge on any atom is 0.156 e. The van der Waals surface area contributed by atoms with Crippen LogP contribution in [-0.4, -0.2) is 12.1 Å². The number of ether oxygens (including phenoxy) is 1. The number of benzene rings is 1. The Morgan fingerprint density at radius 3 is 2.17 bits per heavy atom. The van der Waals surface area contributed by atoms with E-state index < -0.39 is 0 Å². The van der Waals surface area contributed by atoms with Crippen LogP contribution in [0.4, 0.5) is 0 Å². The molecule has 0 fully saturated rings. The molecule has 1 rings (SSSR count). The molecule has 4 heteroatoms. The maximum atomic E-state index is 6.19. The van der Waals surface area contributed by atoms with Crippen molar-refractivity contribution >= 4 is 23.2 Å². The lowest BCUT2D eigenvalue weighted by atomic mass is 10.2. The molecular formula is C14H21Cl2NO. The van der Waals surface area contributed by atoms with Crippen LogP contribution < -0.4 is 10.1 Å². The first-order chi connectivity index (χ1) is 8.43. The molecule has 0 aliphatic heterocycles. The van der Waals surface area contributed by atoms with E-state index in [2.05, 4.69) is 19.2 Å². The Kier molecular flexibility index (Phi) is 6.27. The van der Waals surface area contributed by atoms with Crippen molar-refractivity contribution < 1.29 is 4.74 Å². The Labute approximate surface area is 120 Å². The highest BCUT2D eigenvalue weighted by atomic mass is 35.5. The summed E-state index contributed by atoms with van der Waals surface area (Å²) in [6, 6.07) is 4.29. The fourth-order valence-corrected chi connectivity index (χ4v) is 2.12. The zero-order valence-electron chi connectivity index (χ0n) is 11.4. The molecule has 102 valence electrons. The molecule has 18 heavy (non-hydrogen) atoms. The fourth-order valence-electron chi connectivity index (χ4n) is 1.50. The Balaban J connectivity index is 2.79. The highest BCUT2D eigenvalue weighted by Crippen LogP contribution is 2.34. The molecule has 0 spiro atoms. The predicted molar refractivity (Wildman–Crippen MR) is 78.8 cm³/mol. The molecule has 2 nitrogen and oxygen atoms in total. The largest absolute Gasteiger partial charge is 0.488 e. The highest BCUT2D eigenvalue weighted by Gasteiger charge is 2.11. The quantitative estimate of drug-likeness (QED) is 0.822. The zero-order valence-corrected chi connectivity index (χ0v) is 12.9. The van der Waals surface area contributed by atoms with Crippen molar-refractivity contribution in [2.75, 3.05) is 0 Å². The molecule has 0 saturated carbocycles. The molecule has 1 aromatic carbocycles. The first-order valence-corrected chi connectivity index (χ1v) is 7.07. The third kappa shape index (κ3) is 4.68. The third-order valence-corrected chi connectivity index (χ3v) is 3.24. The van der Waals surface area contributed by atoms with Crippen molar-refractivity contribution in [3.8, 4) is 5.75 Å². The third-order valence-electron chi connectivity index (χ3n) is 2.68. The summed E-state index contributed by atoms with van der Waals surface area (Å²) in [6.45, 7) is 8.96. The van der Waals surface area contributed by atoms with Gasteiger partial charge in [0.25, 0.3) is 0 Å². The van der Waals surface area contributed by atoms with Gasteiger partial charge < -0.3 is 10.1 Å². The van der Waals surface area contributed by atoms with Crippen LogP contribution in [0.3, 0.4) is 0 Å². The van der Waals surface area contributed by atoms with Gasteiger partial charge in [-0.1, -0.05) is 30.1 Å². The first kappa shape index (κ1) is 15.6. The number of halogens is 2. The van der Waals surface area contributed by atoms with E-state index in [1.807, 2.05) is 26.0 Å². The van der Waals surface area contributed by atoms with Crippen LogP contribution in [0.15, 0.2) is 12.1 Å². The van der Waals surface area contributed by atoms with Gasteiger partial charge in [-0.15, -0.1) is 0 Å². The standard InChI is InChI=1S/C14H21Cl2NO/c1-5-10(4)17-8-11-6-12(15)14(13(16)7-11)18-9(2)3/h6-7,9-10,17H,5,8H2,1-4H3/t10-/m0/s1. The molecule has 0 heterocycles. The van der Waals surface area contributed by atoms with Gasteiger partial charge in [-0.05, 0) is 44.9 Å². The first-order valence-electron chi connectivity index (χ1n) is 6.32. The summed E-state index contributed by atoms with van der Waals surface area (Å²) in [4.78, 5) is 0. The second kappa shape index (κ2) is 7.22. The summed E-state index contributed by atoms with van der Waals surface area (Å²) in [5.41, 5.74) is 1.07. The van der Waals surface area contributed by atoms with Crippen LogP contribution in [0.5, 0.6) is 5.75 Å². The van der Waals surface area contributed by atoms with Gasteiger partial charge >= 0.3 is 0 Å². The van der Waals surface area contributed by atoms with Gasteiger partial charge in [-0.3, -0.25) is 0 Å². The summed E-state index contributed by atoms with van der Waals surface area (Å²) in [5.74, 6) is 0.570. The number of rotatable bonds is 6. The number of nitrogens with one attached hydrogen (secondary N) is 1. The monoisotopic (exact) mass is 289 g/mol. The summed E-state index contributed by atoms with van der Waals surface area (Å²) in [6.07, 6.45) is 1.15. The summed E-state index contributed by atoms with van der Waals surface area (Å²) < 4.78 is 5.59. The average Bonchev–Trinajstić information content (AvgIpc) is 2.30. The molecule has 0 aliphatic rings. The Bertz CT molecular complexity index is 370. The lowest BCUT2D eigenvalue weighted by Gasteiger charge is -2.16. The second-order valence-corrected chi connectivity index (χ2v) is 5.56. The van der Waals surface area contributed by atoms with Gasteiger partial charge in [0.2, 0.25) is 0 Å². The van der Waals surface area contributed by atoms with E-state index in [0.717, 1.165) is 18.5 Å². The molecule has 0 saturated heterocycles. The Morgan fingerprint density at radius 2 is 1.72 bits per heavy atom. The summed E-state index contributed by atoms with van der Waals surface area (Å²) in [7, 11) is 0. The van der Waals surface area contributed by atoms with Crippen LogP contribution in [0.1, 0.15) is 39.7 Å². The van der Waals surface area contributed by atoms with Gasteiger partial charge in [0.05, 0.1) is 16.1 Å². The van der Waals surface area contributed by atoms with E-state index in [4.69, 9.17) is 27.9 Å². The Morgan fingerprint density at radius 1 is 1.17 bits per heavy atom. The lowest BCUT2D eigenvalue weighted by Crippen LogP contribution is -2.24. The fraction of sp³-hybridized carbons (Fsp3) is 0.571. The molecule has 0 radical (unpaired) electrons. The van der Waals surface area contributed by atoms with Crippen LogP contribution in [0, 0.1) is 0 Å². The molecule has 0 aliphatic carbocycles. The molecule has 0 unspecified atom stereocenters. The Hall–Kier alpha value is -0.440. The molecule has 1 aromatic rings. The minimum Gasteiger partial charge on any atom is -0.488 e. The van der Waals surface area contributed by atoms with E-state index in [1.165, 1.54) is 0 Å². The number of hydrogen-bond acceptors (Lipinski definition) is 2. The SMILES string of the molecule is CC[C@H](C)NCc1cc(Cl)c(OC(C)C)c(Cl)c1. The van der Waals surface area contributed by atoms with Gasteiger partial charge in [0, 0.05) is 12.6 Å². The zero-order chi connectivity index (χ0) is 13.7. The van der Waals surface area contributed by atoms with Crippen molar-refractivity contribution in [2.24, 2.45) is 0 Å². The van der Waals surface area contributed by atoms with E-state index in [9.17, 15) is 0 Å². The number of hydrogen-bond donors (Lipinski definition) is 1. The molecule has 1 N–H and O–H groups in total. The molecule has 0 aromatic heterocycles. The predicted octanol–water partition coefficient (Wildman–Crippen LogP) is 4.67. The molecule has 1 atom stereocenters. The van der Waals surface area contributed by atoms with Crippen LogP contribution >= 0.6 is 23.2 Å². The van der Waals surface area contributed by atoms with Crippen molar-refractivity contribution in [1.29, 1.82) is 0 Å². The topological polar surface area (TPSA) is 21.3 Å². The molecule has 0 bridgehead atoms. The van der Waals surface area contributed by atoms with Crippen LogP contribution in [0.2, 0.25) is 10.0 Å². The van der Waals surface area contributed by atoms with Crippen LogP contribution in [-0.2, 0) is 6.54 Å². The van der Waals surface area contributed by atoms with E-state index in [-0.39, 0.29) is 6.10 Å². The van der Waals surface area contributed by atoms with Crippen molar-refractivity contribution in [3.63, 3.8) is 0 Å². The smallest absolute Gasteiger partial charge is 0.156 e. The second-order valence-electron chi connectivity index (χ2n) is 4.75. The molecule has 0 amide bonds. The minimum absolute atomic E-state index is 0.0593. The van der Waals surface area contributed by atoms with Gasteiger partial charge in [-0.25, -0.2) is 0 Å². The van der Waals surface area contributed by atoms with Crippen molar-refractivity contribution in [3.05, 3.63) is 27.7 Å². The lowest BCUT2D eigenvalue weighted by molar-refractivity contribution is 0.242. The average molecular weight is 290 g/mol. The highest BCUT2D eigenvalue weighted by molar-refractivity contribution is 6.37. The normalized spacial score (nSPS) is 12.8. The van der Waals surface area contributed by atoms with Gasteiger partial charge in [-0.2, -0.15) is 0 Å².